The summed E-state index contributed by atoms with van der Waals surface area (Å²) in [4.78, 5) is 2.47. The van der Waals surface area contributed by atoms with Crippen LogP contribution in [0.3, 0.4) is 0 Å². The third-order valence-corrected chi connectivity index (χ3v) is 4.45. The Bertz CT molecular complexity index is 632. The zero-order valence-corrected chi connectivity index (χ0v) is 16.0. The highest BCUT2D eigenvalue weighted by Gasteiger charge is 2.20. The fraction of sp³-hybridized carbons (Fsp3) is 0.429. The average molecular weight is 377 g/mol. The van der Waals surface area contributed by atoms with Crippen molar-refractivity contribution in [2.24, 2.45) is 0 Å². The Labute approximate surface area is 162 Å². The van der Waals surface area contributed by atoms with Gasteiger partial charge in [0.25, 0.3) is 0 Å². The number of halogens is 1. The quantitative estimate of drug-likeness (QED) is 0.688. The van der Waals surface area contributed by atoms with E-state index in [-0.39, 0.29) is 18.5 Å². The minimum Gasteiger partial charge on any atom is -1.00 e. The number of hydrogen-bond donors (Lipinski definition) is 0. The van der Waals surface area contributed by atoms with Crippen LogP contribution >= 0.6 is 0 Å². The second-order valence-electron chi connectivity index (χ2n) is 6.38. The molecular formula is C21H27ClNO3-. The van der Waals surface area contributed by atoms with E-state index in [0.29, 0.717) is 6.61 Å². The third-order valence-electron chi connectivity index (χ3n) is 4.45. The molecule has 0 aromatic heterocycles. The second-order valence-corrected chi connectivity index (χ2v) is 6.38. The molecule has 0 amide bonds. The maximum absolute atomic E-state index is 6.27. The number of nitrogens with zero attached hydrogens (tertiary/aromatic N) is 1. The molecular weight excluding hydrogens is 350 g/mol. The van der Waals surface area contributed by atoms with Crippen LogP contribution in [0.25, 0.3) is 0 Å². The summed E-state index contributed by atoms with van der Waals surface area (Å²) in [6.45, 7) is 3.65. The van der Waals surface area contributed by atoms with Crippen molar-refractivity contribution in [3.63, 3.8) is 0 Å². The summed E-state index contributed by atoms with van der Waals surface area (Å²) in [5.74, 6) is 2.39. The number of benzene rings is 2. The van der Waals surface area contributed by atoms with E-state index in [1.807, 2.05) is 54.6 Å². The van der Waals surface area contributed by atoms with Crippen LogP contribution in [0.5, 0.6) is 17.2 Å². The SMILES string of the molecule is COc1ccccc1OC(COc1ccccc1)CN1CCCCC1.[Cl-]. The van der Waals surface area contributed by atoms with E-state index in [1.165, 1.54) is 19.3 Å². The molecule has 5 heteroatoms. The lowest BCUT2D eigenvalue weighted by Gasteiger charge is -2.30. The number of methoxy groups -OCH3 is 1. The molecule has 0 bridgehead atoms. The molecule has 26 heavy (non-hydrogen) atoms. The van der Waals surface area contributed by atoms with Crippen molar-refractivity contribution in [1.29, 1.82) is 0 Å². The van der Waals surface area contributed by atoms with Crippen molar-refractivity contribution in [2.75, 3.05) is 33.4 Å². The van der Waals surface area contributed by atoms with Crippen molar-refractivity contribution >= 4 is 0 Å². The van der Waals surface area contributed by atoms with Gasteiger partial charge in [0, 0.05) is 6.54 Å². The predicted octanol–water partition coefficient (Wildman–Crippen LogP) is 1.01. The van der Waals surface area contributed by atoms with Crippen LogP contribution in [0.4, 0.5) is 0 Å². The van der Waals surface area contributed by atoms with Crippen LogP contribution in [0.15, 0.2) is 54.6 Å². The molecule has 142 valence electrons. The maximum atomic E-state index is 6.27. The number of ether oxygens (including phenoxy) is 3. The maximum Gasteiger partial charge on any atom is 0.161 e. The number of rotatable bonds is 8. The van der Waals surface area contributed by atoms with Gasteiger partial charge in [-0.15, -0.1) is 0 Å². The lowest BCUT2D eigenvalue weighted by atomic mass is 10.1. The first-order chi connectivity index (χ1) is 12.3. The fourth-order valence-electron chi connectivity index (χ4n) is 3.16. The summed E-state index contributed by atoms with van der Waals surface area (Å²) in [5.41, 5.74) is 0. The fourth-order valence-corrected chi connectivity index (χ4v) is 3.16. The molecule has 0 radical (unpaired) electrons. The molecule has 1 aliphatic heterocycles. The molecule has 0 aliphatic carbocycles. The molecule has 1 heterocycles. The summed E-state index contributed by atoms with van der Waals surface area (Å²) in [5, 5.41) is 0. The largest absolute Gasteiger partial charge is 1.00 e. The molecule has 1 unspecified atom stereocenters. The van der Waals surface area contributed by atoms with Crippen molar-refractivity contribution in [1.82, 2.24) is 4.90 Å². The molecule has 1 atom stereocenters. The lowest BCUT2D eigenvalue weighted by Crippen LogP contribution is -3.00. The van der Waals surface area contributed by atoms with Gasteiger partial charge in [0.2, 0.25) is 0 Å². The Morgan fingerprint density at radius 2 is 1.54 bits per heavy atom. The Morgan fingerprint density at radius 3 is 2.23 bits per heavy atom. The smallest absolute Gasteiger partial charge is 0.161 e. The molecule has 1 fully saturated rings. The van der Waals surface area contributed by atoms with Gasteiger partial charge in [-0.05, 0) is 50.2 Å². The molecule has 4 nitrogen and oxygen atoms in total. The molecule has 0 spiro atoms. The third kappa shape index (κ3) is 6.11. The number of para-hydroxylation sites is 3. The lowest BCUT2D eigenvalue weighted by molar-refractivity contribution is -0.00000625. The zero-order chi connectivity index (χ0) is 17.3. The van der Waals surface area contributed by atoms with Crippen LogP contribution in [0.2, 0.25) is 0 Å². The van der Waals surface area contributed by atoms with E-state index in [0.717, 1.165) is 36.9 Å². The Hall–Kier alpha value is -1.91. The molecule has 2 aromatic rings. The van der Waals surface area contributed by atoms with E-state index in [1.54, 1.807) is 7.11 Å². The highest BCUT2D eigenvalue weighted by molar-refractivity contribution is 5.39. The van der Waals surface area contributed by atoms with Gasteiger partial charge in [0.1, 0.15) is 18.5 Å². The van der Waals surface area contributed by atoms with Gasteiger partial charge in [0.15, 0.2) is 11.5 Å². The average Bonchev–Trinajstić information content (AvgIpc) is 2.68. The van der Waals surface area contributed by atoms with Crippen molar-refractivity contribution in [3.8, 4) is 17.2 Å². The van der Waals surface area contributed by atoms with Crippen LogP contribution < -0.4 is 26.6 Å². The van der Waals surface area contributed by atoms with E-state index < -0.39 is 0 Å². The molecule has 1 aliphatic rings. The monoisotopic (exact) mass is 376 g/mol. The Kier molecular flexibility index (Phi) is 8.59. The summed E-state index contributed by atoms with van der Waals surface area (Å²) >= 11 is 0. The normalized spacial score (nSPS) is 15.6. The summed E-state index contributed by atoms with van der Waals surface area (Å²) in [6, 6.07) is 17.7. The van der Waals surface area contributed by atoms with Gasteiger partial charge in [-0.25, -0.2) is 0 Å². The first-order valence-electron chi connectivity index (χ1n) is 9.05. The molecule has 0 saturated carbocycles. The summed E-state index contributed by atoms with van der Waals surface area (Å²) in [6.07, 6.45) is 3.81. The summed E-state index contributed by atoms with van der Waals surface area (Å²) in [7, 11) is 1.67. The van der Waals surface area contributed by atoms with Gasteiger partial charge in [-0.3, -0.25) is 4.90 Å². The molecule has 2 aromatic carbocycles. The Morgan fingerprint density at radius 1 is 0.885 bits per heavy atom. The van der Waals surface area contributed by atoms with Gasteiger partial charge in [-0.1, -0.05) is 36.8 Å². The van der Waals surface area contributed by atoms with Crippen LogP contribution in [-0.2, 0) is 0 Å². The van der Waals surface area contributed by atoms with Crippen molar-refractivity contribution in [2.45, 2.75) is 25.4 Å². The minimum absolute atomic E-state index is 0. The van der Waals surface area contributed by atoms with Crippen LogP contribution in [0, 0.1) is 0 Å². The predicted molar refractivity (Wildman–Crippen MR) is 99.6 cm³/mol. The number of piperidine rings is 1. The first kappa shape index (κ1) is 20.4. The standard InChI is InChI=1S/C21H27NO3.ClH/c1-23-20-12-6-7-13-21(20)25-19(16-22-14-8-3-9-15-22)17-24-18-10-4-2-5-11-18;/h2,4-7,10-13,19H,3,8-9,14-17H2,1H3;1H/p-1. The second kappa shape index (κ2) is 10.9. The van der Waals surface area contributed by atoms with Crippen molar-refractivity contribution < 1.29 is 26.6 Å². The summed E-state index contributed by atoms with van der Waals surface area (Å²) < 4.78 is 17.7. The highest BCUT2D eigenvalue weighted by atomic mass is 35.5. The molecule has 1 saturated heterocycles. The number of likely N-dealkylation sites (tertiary alicyclic amines) is 1. The van der Waals surface area contributed by atoms with E-state index in [2.05, 4.69) is 4.90 Å². The van der Waals surface area contributed by atoms with Gasteiger partial charge < -0.3 is 26.6 Å². The van der Waals surface area contributed by atoms with E-state index in [4.69, 9.17) is 14.2 Å². The Balaban J connectivity index is 0.00000243. The van der Waals surface area contributed by atoms with E-state index >= 15 is 0 Å². The molecule has 0 N–H and O–H groups in total. The topological polar surface area (TPSA) is 30.9 Å². The zero-order valence-electron chi connectivity index (χ0n) is 15.3. The van der Waals surface area contributed by atoms with Gasteiger partial charge in [0.05, 0.1) is 7.11 Å². The van der Waals surface area contributed by atoms with Crippen molar-refractivity contribution in [3.05, 3.63) is 54.6 Å². The highest BCUT2D eigenvalue weighted by Crippen LogP contribution is 2.27. The van der Waals surface area contributed by atoms with Gasteiger partial charge in [-0.2, -0.15) is 0 Å². The minimum atomic E-state index is -0.0467. The van der Waals surface area contributed by atoms with Gasteiger partial charge >= 0.3 is 0 Å². The van der Waals surface area contributed by atoms with Crippen LogP contribution in [0.1, 0.15) is 19.3 Å². The number of hydrogen-bond acceptors (Lipinski definition) is 4. The molecule has 3 rings (SSSR count). The van der Waals surface area contributed by atoms with E-state index in [9.17, 15) is 0 Å². The van der Waals surface area contributed by atoms with Crippen LogP contribution in [-0.4, -0.2) is 44.4 Å². The first-order valence-corrected chi connectivity index (χ1v) is 9.05.